The molecule has 4 heteroatoms. The average Bonchev–Trinajstić information content (AvgIpc) is 2.63. The second kappa shape index (κ2) is 14.4. The topological polar surface area (TPSA) is 32.8 Å². The van der Waals surface area contributed by atoms with Gasteiger partial charge in [-0.1, -0.05) is 71.1 Å². The molecule has 1 fully saturated rings. The third kappa shape index (κ3) is 10.1. The molecule has 1 atom stereocenters. The number of hydrogen-bond donors (Lipinski definition) is 0. The molecule has 1 heterocycles. The van der Waals surface area contributed by atoms with Crippen LogP contribution in [0.4, 0.5) is 4.79 Å². The number of ether oxygens (including phenoxy) is 1. The lowest BCUT2D eigenvalue weighted by Gasteiger charge is -2.37. The van der Waals surface area contributed by atoms with Crippen molar-refractivity contribution in [2.24, 2.45) is 0 Å². The zero-order valence-electron chi connectivity index (χ0n) is 17.1. The van der Waals surface area contributed by atoms with E-state index < -0.39 is 0 Å². The van der Waals surface area contributed by atoms with Gasteiger partial charge in [0.1, 0.15) is 0 Å². The van der Waals surface area contributed by atoms with E-state index in [2.05, 4.69) is 18.7 Å². The van der Waals surface area contributed by atoms with E-state index >= 15 is 0 Å². The van der Waals surface area contributed by atoms with Gasteiger partial charge in [0.2, 0.25) is 0 Å². The molecule has 1 aliphatic heterocycles. The first-order valence-corrected chi connectivity index (χ1v) is 10.8. The first-order valence-electron chi connectivity index (χ1n) is 10.8. The maximum absolute atomic E-state index is 11.7. The summed E-state index contributed by atoms with van der Waals surface area (Å²) in [5.41, 5.74) is 0. The quantitative estimate of drug-likeness (QED) is 0.412. The van der Waals surface area contributed by atoms with Crippen LogP contribution in [0.2, 0.25) is 0 Å². The van der Waals surface area contributed by atoms with E-state index in [4.69, 9.17) is 4.74 Å². The van der Waals surface area contributed by atoms with Crippen LogP contribution in [0, 0.1) is 0 Å². The summed E-state index contributed by atoms with van der Waals surface area (Å²) in [4.78, 5) is 16.1. The van der Waals surface area contributed by atoms with E-state index in [1.165, 1.54) is 70.6 Å². The van der Waals surface area contributed by atoms with E-state index in [0.717, 1.165) is 26.2 Å². The van der Waals surface area contributed by atoms with Gasteiger partial charge in [0.05, 0.1) is 6.61 Å². The van der Waals surface area contributed by atoms with E-state index in [0.29, 0.717) is 12.6 Å². The van der Waals surface area contributed by atoms with Gasteiger partial charge < -0.3 is 9.64 Å². The smallest absolute Gasteiger partial charge is 0.409 e. The molecule has 1 aliphatic rings. The minimum absolute atomic E-state index is 0.149. The van der Waals surface area contributed by atoms with Crippen molar-refractivity contribution >= 4 is 6.09 Å². The highest BCUT2D eigenvalue weighted by Crippen LogP contribution is 2.15. The summed E-state index contributed by atoms with van der Waals surface area (Å²) >= 11 is 0. The van der Waals surface area contributed by atoms with Crippen LogP contribution >= 0.6 is 0 Å². The molecular weight excluding hydrogens is 312 g/mol. The van der Waals surface area contributed by atoms with Crippen LogP contribution in [0.15, 0.2) is 0 Å². The molecule has 0 bridgehead atoms. The molecular formula is C21H42N2O2. The summed E-state index contributed by atoms with van der Waals surface area (Å²) in [7, 11) is 0. The molecule has 0 spiro atoms. The van der Waals surface area contributed by atoms with Crippen molar-refractivity contribution in [3.05, 3.63) is 0 Å². The molecule has 0 radical (unpaired) electrons. The van der Waals surface area contributed by atoms with Crippen LogP contribution in [0.3, 0.4) is 0 Å². The number of nitrogens with zero attached hydrogens (tertiary/aromatic N) is 2. The standard InChI is InChI=1S/C21H42N2O2/c1-4-6-7-8-9-10-11-12-13-14-15-20(3)22-16-18-23(19-17-22)21(24)25-5-2/h20H,4-19H2,1-3H3. The third-order valence-corrected chi connectivity index (χ3v) is 5.44. The number of carbonyl (C=O) groups is 1. The molecule has 0 aliphatic carbocycles. The molecule has 4 nitrogen and oxygen atoms in total. The van der Waals surface area contributed by atoms with Crippen molar-refractivity contribution in [3.8, 4) is 0 Å². The lowest BCUT2D eigenvalue weighted by atomic mass is 10.0. The minimum atomic E-state index is -0.149. The zero-order valence-corrected chi connectivity index (χ0v) is 17.1. The average molecular weight is 355 g/mol. The van der Waals surface area contributed by atoms with Gasteiger partial charge in [0.15, 0.2) is 0 Å². The summed E-state index contributed by atoms with van der Waals surface area (Å²) in [6.07, 6.45) is 15.1. The predicted molar refractivity (Wildman–Crippen MR) is 106 cm³/mol. The monoisotopic (exact) mass is 354 g/mol. The Morgan fingerprint density at radius 1 is 0.840 bits per heavy atom. The van der Waals surface area contributed by atoms with Crippen LogP contribution in [0.5, 0.6) is 0 Å². The molecule has 148 valence electrons. The van der Waals surface area contributed by atoms with Gasteiger partial charge in [-0.25, -0.2) is 4.79 Å². The Hall–Kier alpha value is -0.770. The lowest BCUT2D eigenvalue weighted by Crippen LogP contribution is -2.51. The number of amides is 1. The van der Waals surface area contributed by atoms with Crippen LogP contribution < -0.4 is 0 Å². The van der Waals surface area contributed by atoms with Gasteiger partial charge in [-0.15, -0.1) is 0 Å². The van der Waals surface area contributed by atoms with E-state index in [9.17, 15) is 4.79 Å². The predicted octanol–water partition coefficient (Wildman–Crippen LogP) is 5.46. The number of unbranched alkanes of at least 4 members (excludes halogenated alkanes) is 9. The largest absolute Gasteiger partial charge is 0.450 e. The Morgan fingerprint density at radius 3 is 1.88 bits per heavy atom. The molecule has 1 rings (SSSR count). The van der Waals surface area contributed by atoms with Crippen LogP contribution in [-0.2, 0) is 4.74 Å². The lowest BCUT2D eigenvalue weighted by molar-refractivity contribution is 0.0669. The Morgan fingerprint density at radius 2 is 1.36 bits per heavy atom. The van der Waals surface area contributed by atoms with Crippen LogP contribution in [0.1, 0.15) is 91.4 Å². The molecule has 0 aromatic rings. The maximum Gasteiger partial charge on any atom is 0.409 e. The number of rotatable bonds is 13. The molecule has 25 heavy (non-hydrogen) atoms. The summed E-state index contributed by atoms with van der Waals surface area (Å²) in [5, 5.41) is 0. The molecule has 1 saturated heterocycles. The first kappa shape index (κ1) is 22.3. The summed E-state index contributed by atoms with van der Waals surface area (Å²) in [5.74, 6) is 0. The highest BCUT2D eigenvalue weighted by Gasteiger charge is 2.24. The Kier molecular flexibility index (Phi) is 12.8. The summed E-state index contributed by atoms with van der Waals surface area (Å²) in [6, 6.07) is 0.637. The second-order valence-electron chi connectivity index (χ2n) is 7.54. The maximum atomic E-state index is 11.7. The van der Waals surface area contributed by atoms with Crippen LogP contribution in [-0.4, -0.2) is 54.7 Å². The van der Waals surface area contributed by atoms with Crippen LogP contribution in [0.25, 0.3) is 0 Å². The number of carbonyl (C=O) groups excluding carboxylic acids is 1. The SMILES string of the molecule is CCCCCCCCCCCCC(C)N1CCN(C(=O)OCC)CC1. The van der Waals surface area contributed by atoms with Crippen molar-refractivity contribution in [2.75, 3.05) is 32.8 Å². The van der Waals surface area contributed by atoms with Crippen molar-refractivity contribution in [2.45, 2.75) is 97.4 Å². The van der Waals surface area contributed by atoms with Gasteiger partial charge in [0.25, 0.3) is 0 Å². The highest BCUT2D eigenvalue weighted by atomic mass is 16.6. The third-order valence-electron chi connectivity index (χ3n) is 5.44. The van der Waals surface area contributed by atoms with Gasteiger partial charge in [-0.3, -0.25) is 4.90 Å². The Bertz CT molecular complexity index is 328. The highest BCUT2D eigenvalue weighted by molar-refractivity contribution is 5.67. The Labute approximate surface area is 156 Å². The number of piperazine rings is 1. The normalized spacial score (nSPS) is 16.8. The fourth-order valence-corrected chi connectivity index (χ4v) is 3.67. The van der Waals surface area contributed by atoms with Gasteiger partial charge in [-0.05, 0) is 20.3 Å². The zero-order chi connectivity index (χ0) is 18.3. The van der Waals surface area contributed by atoms with Crippen molar-refractivity contribution < 1.29 is 9.53 Å². The van der Waals surface area contributed by atoms with Crippen molar-refractivity contribution in [1.29, 1.82) is 0 Å². The second-order valence-corrected chi connectivity index (χ2v) is 7.54. The first-order chi connectivity index (χ1) is 12.2. The molecule has 0 aromatic heterocycles. The summed E-state index contributed by atoms with van der Waals surface area (Å²) < 4.78 is 5.08. The fraction of sp³-hybridized carbons (Fsp3) is 0.952. The van der Waals surface area contributed by atoms with E-state index in [1.54, 1.807) is 0 Å². The molecule has 0 saturated carbocycles. The molecule has 1 amide bonds. The van der Waals surface area contributed by atoms with Crippen molar-refractivity contribution in [3.63, 3.8) is 0 Å². The molecule has 1 unspecified atom stereocenters. The van der Waals surface area contributed by atoms with E-state index in [-0.39, 0.29) is 6.09 Å². The van der Waals surface area contributed by atoms with Gasteiger partial charge >= 0.3 is 6.09 Å². The van der Waals surface area contributed by atoms with Gasteiger partial charge in [0, 0.05) is 32.2 Å². The molecule has 0 N–H and O–H groups in total. The minimum Gasteiger partial charge on any atom is -0.450 e. The van der Waals surface area contributed by atoms with E-state index in [1.807, 2.05) is 11.8 Å². The fourth-order valence-electron chi connectivity index (χ4n) is 3.67. The summed E-state index contributed by atoms with van der Waals surface area (Å²) in [6.45, 7) is 10.5. The van der Waals surface area contributed by atoms with Crippen molar-refractivity contribution in [1.82, 2.24) is 9.80 Å². The Balaban J connectivity index is 1.97. The van der Waals surface area contributed by atoms with Gasteiger partial charge in [-0.2, -0.15) is 0 Å². The number of hydrogen-bond acceptors (Lipinski definition) is 3. The molecule has 0 aromatic carbocycles.